The van der Waals surface area contributed by atoms with Crippen LogP contribution in [0.4, 0.5) is 5.82 Å². The topological polar surface area (TPSA) is 28.2 Å². The van der Waals surface area contributed by atoms with Crippen LogP contribution >= 0.6 is 11.3 Å². The molecule has 4 heteroatoms. The van der Waals surface area contributed by atoms with Crippen LogP contribution in [-0.2, 0) is 6.54 Å². The smallest absolute Gasteiger partial charge is 0.137 e. The molecule has 0 saturated carbocycles. The summed E-state index contributed by atoms with van der Waals surface area (Å²) in [5.74, 6) is 1.15. The maximum atomic E-state index is 4.67. The number of piperidine rings is 1. The number of benzene rings is 2. The first-order chi connectivity index (χ1) is 13.4. The maximum absolute atomic E-state index is 4.67. The van der Waals surface area contributed by atoms with E-state index < -0.39 is 0 Å². The third kappa shape index (κ3) is 3.31. The summed E-state index contributed by atoms with van der Waals surface area (Å²) in [6.45, 7) is 3.06. The number of hydrogen-bond acceptors (Lipinski definition) is 4. The standard InChI is InChI=1S/C23H23N3S/c1-2-7-20-17(4-1)5-3-6-18(20)16-25-19-9-13-26(14-10-19)23-21-11-15-27-22(21)8-12-24-23/h1-8,11-12,15,19,25H,9-10,13-14,16H2. The van der Waals surface area contributed by atoms with E-state index in [4.69, 9.17) is 0 Å². The lowest BCUT2D eigenvalue weighted by Gasteiger charge is -2.33. The van der Waals surface area contributed by atoms with E-state index in [-0.39, 0.29) is 0 Å². The lowest BCUT2D eigenvalue weighted by atomic mass is 10.0. The van der Waals surface area contributed by atoms with Crippen molar-refractivity contribution in [1.82, 2.24) is 10.3 Å². The Hall–Kier alpha value is -2.43. The van der Waals surface area contributed by atoms with Crippen molar-refractivity contribution in [3.05, 3.63) is 71.7 Å². The Morgan fingerprint density at radius 2 is 1.81 bits per heavy atom. The molecule has 3 heterocycles. The van der Waals surface area contributed by atoms with Crippen molar-refractivity contribution in [3.63, 3.8) is 0 Å². The van der Waals surface area contributed by atoms with E-state index in [1.807, 2.05) is 6.20 Å². The summed E-state index contributed by atoms with van der Waals surface area (Å²) in [6.07, 6.45) is 4.26. The van der Waals surface area contributed by atoms with Crippen LogP contribution in [0.25, 0.3) is 20.9 Å². The lowest BCUT2D eigenvalue weighted by molar-refractivity contribution is 0.414. The molecule has 27 heavy (non-hydrogen) atoms. The number of pyridine rings is 1. The summed E-state index contributed by atoms with van der Waals surface area (Å²) >= 11 is 1.79. The van der Waals surface area contributed by atoms with Crippen molar-refractivity contribution in [2.24, 2.45) is 0 Å². The Labute approximate surface area is 163 Å². The minimum absolute atomic E-state index is 0.571. The zero-order valence-corrected chi connectivity index (χ0v) is 16.1. The Morgan fingerprint density at radius 1 is 0.963 bits per heavy atom. The largest absolute Gasteiger partial charge is 0.356 e. The zero-order valence-electron chi connectivity index (χ0n) is 15.3. The minimum atomic E-state index is 0.571. The van der Waals surface area contributed by atoms with Crippen LogP contribution in [0.1, 0.15) is 18.4 Å². The van der Waals surface area contributed by atoms with Gasteiger partial charge >= 0.3 is 0 Å². The number of rotatable bonds is 4. The van der Waals surface area contributed by atoms with Crippen molar-refractivity contribution >= 4 is 38.0 Å². The molecular weight excluding hydrogens is 350 g/mol. The zero-order chi connectivity index (χ0) is 18.1. The molecule has 0 unspecified atom stereocenters. The molecule has 1 saturated heterocycles. The molecule has 0 radical (unpaired) electrons. The van der Waals surface area contributed by atoms with Gasteiger partial charge in [-0.05, 0) is 46.7 Å². The molecule has 3 nitrogen and oxygen atoms in total. The Balaban J connectivity index is 1.24. The van der Waals surface area contributed by atoms with Gasteiger partial charge in [-0.2, -0.15) is 0 Å². The predicted molar refractivity (Wildman–Crippen MR) is 116 cm³/mol. The van der Waals surface area contributed by atoms with Gasteiger partial charge in [0, 0.05) is 42.0 Å². The molecule has 5 rings (SSSR count). The third-order valence-corrected chi connectivity index (χ3v) is 6.50. The van der Waals surface area contributed by atoms with Gasteiger partial charge in [-0.1, -0.05) is 42.5 Å². The first-order valence-corrected chi connectivity index (χ1v) is 10.5. The SMILES string of the molecule is c1ccc2c(CNC3CCN(c4nccc5sccc45)CC3)cccc2c1. The van der Waals surface area contributed by atoms with Crippen molar-refractivity contribution in [3.8, 4) is 0 Å². The molecule has 2 aromatic carbocycles. The fourth-order valence-electron chi connectivity index (χ4n) is 4.13. The van der Waals surface area contributed by atoms with E-state index in [2.05, 4.69) is 75.2 Å². The molecule has 0 bridgehead atoms. The number of thiophene rings is 1. The van der Waals surface area contributed by atoms with E-state index >= 15 is 0 Å². The molecule has 0 amide bonds. The second kappa shape index (κ2) is 7.29. The quantitative estimate of drug-likeness (QED) is 0.532. The summed E-state index contributed by atoms with van der Waals surface area (Å²) < 4.78 is 1.33. The van der Waals surface area contributed by atoms with Gasteiger partial charge < -0.3 is 10.2 Å². The van der Waals surface area contributed by atoms with Crippen LogP contribution in [0, 0.1) is 0 Å². The second-order valence-corrected chi connectivity index (χ2v) is 8.20. The highest BCUT2D eigenvalue weighted by molar-refractivity contribution is 7.17. The monoisotopic (exact) mass is 373 g/mol. The van der Waals surface area contributed by atoms with Crippen LogP contribution in [0.3, 0.4) is 0 Å². The Kier molecular flexibility index (Phi) is 4.52. The van der Waals surface area contributed by atoms with Crippen LogP contribution in [0.2, 0.25) is 0 Å². The van der Waals surface area contributed by atoms with Gasteiger partial charge in [-0.3, -0.25) is 0 Å². The molecule has 1 aliphatic heterocycles. The summed E-state index contributed by atoms with van der Waals surface area (Å²) in [4.78, 5) is 7.12. The fraction of sp³-hybridized carbons (Fsp3) is 0.261. The van der Waals surface area contributed by atoms with Crippen molar-refractivity contribution < 1.29 is 0 Å². The van der Waals surface area contributed by atoms with Gasteiger partial charge in [-0.15, -0.1) is 11.3 Å². The van der Waals surface area contributed by atoms with Crippen LogP contribution < -0.4 is 10.2 Å². The number of aromatic nitrogens is 1. The average molecular weight is 374 g/mol. The molecule has 1 aliphatic rings. The molecule has 136 valence electrons. The first kappa shape index (κ1) is 16.7. The van der Waals surface area contributed by atoms with E-state index in [1.54, 1.807) is 11.3 Å². The minimum Gasteiger partial charge on any atom is -0.356 e. The molecule has 0 spiro atoms. The van der Waals surface area contributed by atoms with Gasteiger partial charge in [0.1, 0.15) is 5.82 Å². The van der Waals surface area contributed by atoms with E-state index in [9.17, 15) is 0 Å². The summed E-state index contributed by atoms with van der Waals surface area (Å²) in [6, 6.07) is 20.1. The summed E-state index contributed by atoms with van der Waals surface area (Å²) in [5, 5.41) is 9.93. The number of nitrogens with one attached hydrogen (secondary N) is 1. The number of fused-ring (bicyclic) bond motifs is 2. The van der Waals surface area contributed by atoms with Crippen LogP contribution in [0.15, 0.2) is 66.2 Å². The normalized spacial score (nSPS) is 15.6. The highest BCUT2D eigenvalue weighted by Crippen LogP contribution is 2.30. The van der Waals surface area contributed by atoms with Crippen molar-refractivity contribution in [2.45, 2.75) is 25.4 Å². The fourth-order valence-corrected chi connectivity index (χ4v) is 4.90. The average Bonchev–Trinajstić information content (AvgIpc) is 3.22. The van der Waals surface area contributed by atoms with Gasteiger partial charge in [-0.25, -0.2) is 4.98 Å². The second-order valence-electron chi connectivity index (χ2n) is 7.25. The molecule has 2 aromatic heterocycles. The number of nitrogens with zero attached hydrogens (tertiary/aromatic N) is 2. The molecule has 4 aromatic rings. The summed E-state index contributed by atoms with van der Waals surface area (Å²) in [5.41, 5.74) is 1.39. The van der Waals surface area contributed by atoms with E-state index in [1.165, 1.54) is 26.4 Å². The van der Waals surface area contributed by atoms with Crippen LogP contribution in [0.5, 0.6) is 0 Å². The molecule has 1 N–H and O–H groups in total. The van der Waals surface area contributed by atoms with Crippen molar-refractivity contribution in [1.29, 1.82) is 0 Å². The molecular formula is C23H23N3S. The third-order valence-electron chi connectivity index (χ3n) is 5.61. The number of anilines is 1. The molecule has 0 atom stereocenters. The van der Waals surface area contributed by atoms with Crippen LogP contribution in [-0.4, -0.2) is 24.1 Å². The van der Waals surface area contributed by atoms with Gasteiger partial charge in [0.25, 0.3) is 0 Å². The molecule has 0 aliphatic carbocycles. The number of hydrogen-bond donors (Lipinski definition) is 1. The highest BCUT2D eigenvalue weighted by Gasteiger charge is 2.21. The molecule has 1 fully saturated rings. The summed E-state index contributed by atoms with van der Waals surface area (Å²) in [7, 11) is 0. The Bertz CT molecular complexity index is 1060. The van der Waals surface area contributed by atoms with Gasteiger partial charge in [0.2, 0.25) is 0 Å². The lowest BCUT2D eigenvalue weighted by Crippen LogP contribution is -2.42. The van der Waals surface area contributed by atoms with E-state index in [0.29, 0.717) is 6.04 Å². The highest BCUT2D eigenvalue weighted by atomic mass is 32.1. The van der Waals surface area contributed by atoms with E-state index in [0.717, 1.165) is 38.3 Å². The van der Waals surface area contributed by atoms with Gasteiger partial charge in [0.15, 0.2) is 0 Å². The van der Waals surface area contributed by atoms with Gasteiger partial charge in [0.05, 0.1) is 0 Å². The predicted octanol–water partition coefficient (Wildman–Crippen LogP) is 5.21. The maximum Gasteiger partial charge on any atom is 0.137 e. The Morgan fingerprint density at radius 3 is 2.74 bits per heavy atom. The first-order valence-electron chi connectivity index (χ1n) is 9.66. The van der Waals surface area contributed by atoms with Crippen molar-refractivity contribution in [2.75, 3.05) is 18.0 Å².